The molecular weight excluding hydrogens is 228 g/mol. The lowest BCUT2D eigenvalue weighted by atomic mass is 9.87. The molecule has 100 valence electrons. The van der Waals surface area contributed by atoms with Crippen LogP contribution in [0.1, 0.15) is 38.5 Å². The summed E-state index contributed by atoms with van der Waals surface area (Å²) >= 11 is 0. The number of hydrogen-bond donors (Lipinski definition) is 0. The third-order valence-corrected chi connectivity index (χ3v) is 4.79. The first-order valence-corrected chi connectivity index (χ1v) is 7.28. The molecule has 2 aliphatic heterocycles. The minimum Gasteiger partial charge on any atom is -0.340 e. The van der Waals surface area contributed by atoms with Gasteiger partial charge in [0, 0.05) is 44.4 Å². The molecule has 0 N–H and O–H groups in total. The van der Waals surface area contributed by atoms with E-state index < -0.39 is 0 Å². The zero-order valence-corrected chi connectivity index (χ0v) is 10.9. The van der Waals surface area contributed by atoms with Crippen LogP contribution in [0.2, 0.25) is 0 Å². The number of piperazine rings is 1. The fraction of sp³-hybridized carbons (Fsp3) is 0.857. The molecule has 3 aliphatic rings. The maximum atomic E-state index is 12.4. The van der Waals surface area contributed by atoms with Crippen molar-refractivity contribution in [2.75, 3.05) is 26.2 Å². The normalized spacial score (nSPS) is 30.6. The number of rotatable bonds is 1. The van der Waals surface area contributed by atoms with E-state index in [9.17, 15) is 9.59 Å². The second kappa shape index (κ2) is 5.00. The van der Waals surface area contributed by atoms with E-state index in [1.807, 2.05) is 0 Å². The number of amides is 1. The highest BCUT2D eigenvalue weighted by atomic mass is 16.2. The van der Waals surface area contributed by atoms with Crippen molar-refractivity contribution in [1.29, 1.82) is 0 Å². The Balaban J connectivity index is 1.57. The van der Waals surface area contributed by atoms with Gasteiger partial charge in [-0.2, -0.15) is 0 Å². The van der Waals surface area contributed by atoms with Gasteiger partial charge in [0.05, 0.1) is 0 Å². The highest BCUT2D eigenvalue weighted by molar-refractivity contribution is 5.84. The molecule has 3 rings (SSSR count). The fourth-order valence-electron chi connectivity index (χ4n) is 3.64. The van der Waals surface area contributed by atoms with Crippen molar-refractivity contribution >= 4 is 11.7 Å². The van der Waals surface area contributed by atoms with Gasteiger partial charge in [-0.05, 0) is 32.2 Å². The average molecular weight is 250 g/mol. The van der Waals surface area contributed by atoms with Gasteiger partial charge in [-0.3, -0.25) is 14.5 Å². The minimum absolute atomic E-state index is 0.121. The van der Waals surface area contributed by atoms with E-state index in [0.29, 0.717) is 30.6 Å². The summed E-state index contributed by atoms with van der Waals surface area (Å²) in [6.07, 6.45) is 5.31. The van der Waals surface area contributed by atoms with Crippen molar-refractivity contribution in [3.63, 3.8) is 0 Å². The number of carbonyl (C=O) groups excluding carboxylic acids is 2. The second-order valence-corrected chi connectivity index (χ2v) is 5.93. The Morgan fingerprint density at radius 3 is 2.61 bits per heavy atom. The molecule has 0 aromatic rings. The van der Waals surface area contributed by atoms with Gasteiger partial charge in [0.15, 0.2) is 0 Å². The maximum absolute atomic E-state index is 12.4. The molecule has 0 bridgehead atoms. The molecule has 0 aromatic carbocycles. The lowest BCUT2D eigenvalue weighted by molar-refractivity contribution is -0.140. The van der Waals surface area contributed by atoms with E-state index in [1.54, 1.807) is 0 Å². The lowest BCUT2D eigenvalue weighted by Gasteiger charge is -2.39. The Hall–Kier alpha value is -0.900. The summed E-state index contributed by atoms with van der Waals surface area (Å²) in [4.78, 5) is 28.3. The monoisotopic (exact) mass is 250 g/mol. The molecule has 1 saturated carbocycles. The smallest absolute Gasteiger partial charge is 0.225 e. The van der Waals surface area contributed by atoms with Crippen molar-refractivity contribution in [3.05, 3.63) is 0 Å². The van der Waals surface area contributed by atoms with Gasteiger partial charge in [0.1, 0.15) is 5.78 Å². The van der Waals surface area contributed by atoms with Crippen LogP contribution in [0.15, 0.2) is 0 Å². The van der Waals surface area contributed by atoms with Crippen LogP contribution in [0, 0.1) is 5.92 Å². The van der Waals surface area contributed by atoms with Gasteiger partial charge in [0.25, 0.3) is 0 Å². The zero-order valence-electron chi connectivity index (χ0n) is 10.9. The van der Waals surface area contributed by atoms with Crippen molar-refractivity contribution < 1.29 is 9.59 Å². The van der Waals surface area contributed by atoms with E-state index >= 15 is 0 Å². The summed E-state index contributed by atoms with van der Waals surface area (Å²) in [6, 6.07) is 0.605. The molecule has 1 atom stereocenters. The van der Waals surface area contributed by atoms with E-state index in [1.165, 1.54) is 19.4 Å². The predicted octanol–water partition coefficient (Wildman–Crippen LogP) is 1.05. The number of ketones is 1. The maximum Gasteiger partial charge on any atom is 0.225 e. The number of carbonyl (C=O) groups is 2. The molecule has 4 nitrogen and oxygen atoms in total. The molecule has 0 radical (unpaired) electrons. The summed E-state index contributed by atoms with van der Waals surface area (Å²) in [5, 5.41) is 0. The van der Waals surface area contributed by atoms with E-state index in [-0.39, 0.29) is 5.92 Å². The van der Waals surface area contributed by atoms with Crippen LogP contribution in [0.5, 0.6) is 0 Å². The number of fused-ring (bicyclic) bond motifs is 1. The number of Topliss-reactive ketones (excluding diaryl/α,β-unsaturated/α-hetero) is 1. The van der Waals surface area contributed by atoms with Gasteiger partial charge in [-0.25, -0.2) is 0 Å². The molecule has 0 spiro atoms. The first-order chi connectivity index (χ1) is 8.74. The third kappa shape index (κ3) is 2.30. The minimum atomic E-state index is 0.121. The van der Waals surface area contributed by atoms with Gasteiger partial charge in [-0.15, -0.1) is 0 Å². The summed E-state index contributed by atoms with van der Waals surface area (Å²) in [5.41, 5.74) is 0. The first kappa shape index (κ1) is 12.2. The number of nitrogens with zero attached hydrogens (tertiary/aromatic N) is 2. The largest absolute Gasteiger partial charge is 0.340 e. The van der Waals surface area contributed by atoms with Gasteiger partial charge >= 0.3 is 0 Å². The Morgan fingerprint density at radius 1 is 1.06 bits per heavy atom. The molecule has 3 fully saturated rings. The molecule has 1 aliphatic carbocycles. The predicted molar refractivity (Wildman–Crippen MR) is 68.1 cm³/mol. The fourth-order valence-corrected chi connectivity index (χ4v) is 3.64. The molecule has 1 amide bonds. The van der Waals surface area contributed by atoms with Crippen LogP contribution in [-0.4, -0.2) is 53.7 Å². The van der Waals surface area contributed by atoms with E-state index in [0.717, 1.165) is 32.5 Å². The van der Waals surface area contributed by atoms with Crippen LogP contribution in [0.3, 0.4) is 0 Å². The van der Waals surface area contributed by atoms with Crippen LogP contribution in [-0.2, 0) is 9.59 Å². The van der Waals surface area contributed by atoms with Gasteiger partial charge in [-0.1, -0.05) is 0 Å². The highest BCUT2D eigenvalue weighted by Crippen LogP contribution is 2.27. The van der Waals surface area contributed by atoms with Crippen molar-refractivity contribution in [3.8, 4) is 0 Å². The van der Waals surface area contributed by atoms with Crippen molar-refractivity contribution in [2.24, 2.45) is 5.92 Å². The van der Waals surface area contributed by atoms with Crippen LogP contribution in [0.4, 0.5) is 0 Å². The quantitative estimate of drug-likeness (QED) is 0.698. The first-order valence-electron chi connectivity index (χ1n) is 7.28. The molecule has 18 heavy (non-hydrogen) atoms. The summed E-state index contributed by atoms with van der Waals surface area (Å²) < 4.78 is 0. The molecule has 2 heterocycles. The molecule has 1 unspecified atom stereocenters. The Morgan fingerprint density at radius 2 is 1.83 bits per heavy atom. The van der Waals surface area contributed by atoms with Crippen LogP contribution >= 0.6 is 0 Å². The topological polar surface area (TPSA) is 40.6 Å². The Kier molecular flexibility index (Phi) is 3.37. The lowest BCUT2D eigenvalue weighted by Crippen LogP contribution is -2.53. The van der Waals surface area contributed by atoms with E-state index in [4.69, 9.17) is 0 Å². The Bertz CT molecular complexity index is 346. The van der Waals surface area contributed by atoms with E-state index in [2.05, 4.69) is 9.80 Å². The second-order valence-electron chi connectivity index (χ2n) is 5.93. The summed E-state index contributed by atoms with van der Waals surface area (Å²) in [5.74, 6) is 0.768. The molecular formula is C14H22N2O2. The summed E-state index contributed by atoms with van der Waals surface area (Å²) in [6.45, 7) is 4.07. The van der Waals surface area contributed by atoms with Crippen molar-refractivity contribution in [2.45, 2.75) is 44.6 Å². The zero-order chi connectivity index (χ0) is 12.5. The molecule has 0 aromatic heterocycles. The van der Waals surface area contributed by atoms with Crippen molar-refractivity contribution in [1.82, 2.24) is 9.80 Å². The summed E-state index contributed by atoms with van der Waals surface area (Å²) in [7, 11) is 0. The molecule has 2 saturated heterocycles. The number of hydrogen-bond acceptors (Lipinski definition) is 3. The van der Waals surface area contributed by atoms with Gasteiger partial charge in [0.2, 0.25) is 5.91 Å². The standard InChI is InChI=1S/C14H22N2O2/c17-13-5-3-11(4-6-13)14(18)16-9-8-15-7-1-2-12(15)10-16/h11-12H,1-10H2. The van der Waals surface area contributed by atoms with Crippen LogP contribution < -0.4 is 0 Å². The Labute approximate surface area is 108 Å². The molecule has 4 heteroatoms. The third-order valence-electron chi connectivity index (χ3n) is 4.79. The van der Waals surface area contributed by atoms with Gasteiger partial charge < -0.3 is 4.90 Å². The average Bonchev–Trinajstić information content (AvgIpc) is 2.86. The van der Waals surface area contributed by atoms with Crippen LogP contribution in [0.25, 0.3) is 0 Å². The highest BCUT2D eigenvalue weighted by Gasteiger charge is 2.35. The SMILES string of the molecule is O=C1CCC(C(=O)N2CCN3CCCC3C2)CC1.